The summed E-state index contributed by atoms with van der Waals surface area (Å²) in [5.74, 6) is -0.0875. The summed E-state index contributed by atoms with van der Waals surface area (Å²) < 4.78 is 6.85. The predicted molar refractivity (Wildman–Crippen MR) is 138 cm³/mol. The fraction of sp³-hybridized carbons (Fsp3) is 0.241. The van der Waals surface area contributed by atoms with E-state index in [1.165, 1.54) is 5.56 Å². The van der Waals surface area contributed by atoms with Crippen molar-refractivity contribution < 1.29 is 9.21 Å². The monoisotopic (exact) mass is 515 g/mol. The van der Waals surface area contributed by atoms with Gasteiger partial charge in [-0.25, -0.2) is 0 Å². The summed E-state index contributed by atoms with van der Waals surface area (Å²) in [6.07, 6.45) is 0.691. The standard InChI is InChI=1S/C29H26BrNO3/c1-29(2,3)20-11-9-19(10-12-20)25-24-26(32)22-17-21(30)13-14-23(22)34-27(24)28(33)31(25)16-15-18-7-5-4-6-8-18/h4-14,17,25H,15-16H2,1-3H3. The van der Waals surface area contributed by atoms with E-state index in [2.05, 4.69) is 61.0 Å². The van der Waals surface area contributed by atoms with Crippen molar-refractivity contribution in [1.82, 2.24) is 4.90 Å². The van der Waals surface area contributed by atoms with Crippen LogP contribution in [0.25, 0.3) is 11.0 Å². The van der Waals surface area contributed by atoms with Gasteiger partial charge in [0.25, 0.3) is 5.91 Å². The average molecular weight is 516 g/mol. The molecule has 0 bridgehead atoms. The fourth-order valence-corrected chi connectivity index (χ4v) is 4.99. The Kier molecular flexibility index (Phi) is 5.68. The van der Waals surface area contributed by atoms with Gasteiger partial charge in [-0.05, 0) is 46.7 Å². The Morgan fingerprint density at radius 3 is 2.32 bits per heavy atom. The van der Waals surface area contributed by atoms with E-state index in [9.17, 15) is 9.59 Å². The molecule has 4 nitrogen and oxygen atoms in total. The number of halogens is 1. The summed E-state index contributed by atoms with van der Waals surface area (Å²) in [5.41, 5.74) is 3.95. The summed E-state index contributed by atoms with van der Waals surface area (Å²) in [4.78, 5) is 29.0. The number of carbonyl (C=O) groups excluding carboxylic acids is 1. The van der Waals surface area contributed by atoms with Crippen molar-refractivity contribution in [3.63, 3.8) is 0 Å². The second-order valence-electron chi connectivity index (χ2n) is 9.82. The molecule has 3 aromatic carbocycles. The Hall–Kier alpha value is -3.18. The van der Waals surface area contributed by atoms with E-state index in [1.54, 1.807) is 17.0 Å². The van der Waals surface area contributed by atoms with E-state index in [-0.39, 0.29) is 22.5 Å². The summed E-state index contributed by atoms with van der Waals surface area (Å²) in [7, 11) is 0. The lowest BCUT2D eigenvalue weighted by Gasteiger charge is -2.26. The van der Waals surface area contributed by atoms with Crippen LogP contribution in [0.4, 0.5) is 0 Å². The lowest BCUT2D eigenvalue weighted by atomic mass is 9.86. The third-order valence-corrected chi connectivity index (χ3v) is 7.00. The number of amides is 1. The highest BCUT2D eigenvalue weighted by molar-refractivity contribution is 9.10. The average Bonchev–Trinajstić information content (AvgIpc) is 3.10. The molecule has 2 heterocycles. The van der Waals surface area contributed by atoms with Gasteiger partial charge in [-0.1, -0.05) is 91.3 Å². The van der Waals surface area contributed by atoms with Gasteiger partial charge in [0.15, 0.2) is 5.43 Å². The molecule has 1 aromatic heterocycles. The van der Waals surface area contributed by atoms with Gasteiger partial charge in [-0.3, -0.25) is 9.59 Å². The van der Waals surface area contributed by atoms with Gasteiger partial charge in [0, 0.05) is 11.0 Å². The van der Waals surface area contributed by atoms with Crippen LogP contribution in [-0.4, -0.2) is 17.4 Å². The van der Waals surface area contributed by atoms with Crippen molar-refractivity contribution in [3.8, 4) is 0 Å². The maximum atomic E-state index is 13.7. The fourth-order valence-electron chi connectivity index (χ4n) is 4.63. The number of fused-ring (bicyclic) bond motifs is 2. The van der Waals surface area contributed by atoms with Crippen molar-refractivity contribution in [2.24, 2.45) is 0 Å². The van der Waals surface area contributed by atoms with Gasteiger partial charge in [-0.15, -0.1) is 0 Å². The molecule has 0 radical (unpaired) electrons. The maximum Gasteiger partial charge on any atom is 0.290 e. The second-order valence-corrected chi connectivity index (χ2v) is 10.7. The van der Waals surface area contributed by atoms with Crippen molar-refractivity contribution in [1.29, 1.82) is 0 Å². The Labute approximate surface area is 207 Å². The molecule has 1 unspecified atom stereocenters. The summed E-state index contributed by atoms with van der Waals surface area (Å²) in [6, 6.07) is 23.1. The minimum Gasteiger partial charge on any atom is -0.450 e. The van der Waals surface area contributed by atoms with Crippen LogP contribution in [0.5, 0.6) is 0 Å². The normalized spacial score (nSPS) is 15.7. The van der Waals surface area contributed by atoms with E-state index in [4.69, 9.17) is 4.42 Å². The van der Waals surface area contributed by atoms with Crippen LogP contribution in [0.15, 0.2) is 86.5 Å². The molecule has 5 heteroatoms. The Bertz CT molecular complexity index is 1430. The number of hydrogen-bond acceptors (Lipinski definition) is 3. The third-order valence-electron chi connectivity index (χ3n) is 6.50. The number of hydrogen-bond donors (Lipinski definition) is 0. The second kappa shape index (κ2) is 8.55. The molecule has 172 valence electrons. The summed E-state index contributed by atoms with van der Waals surface area (Å²) >= 11 is 3.45. The first-order chi connectivity index (χ1) is 16.2. The van der Waals surface area contributed by atoms with Crippen molar-refractivity contribution in [3.05, 3.63) is 116 Å². The molecule has 1 aliphatic heterocycles. The first-order valence-electron chi connectivity index (χ1n) is 11.5. The van der Waals surface area contributed by atoms with Crippen LogP contribution in [0.1, 0.15) is 59.6 Å². The molecule has 0 spiro atoms. The Morgan fingerprint density at radius 2 is 1.65 bits per heavy atom. The largest absolute Gasteiger partial charge is 0.450 e. The van der Waals surface area contributed by atoms with Crippen LogP contribution in [0, 0.1) is 0 Å². The van der Waals surface area contributed by atoms with Gasteiger partial charge < -0.3 is 9.32 Å². The van der Waals surface area contributed by atoms with Crippen LogP contribution in [-0.2, 0) is 11.8 Å². The van der Waals surface area contributed by atoms with E-state index in [1.807, 2.05) is 36.4 Å². The van der Waals surface area contributed by atoms with Crippen LogP contribution < -0.4 is 5.43 Å². The molecule has 34 heavy (non-hydrogen) atoms. The minimum atomic E-state index is -0.486. The molecule has 0 saturated carbocycles. The molecule has 0 fully saturated rings. The topological polar surface area (TPSA) is 50.5 Å². The summed E-state index contributed by atoms with van der Waals surface area (Å²) in [5, 5.41) is 0.474. The van der Waals surface area contributed by atoms with Crippen molar-refractivity contribution in [2.45, 2.75) is 38.6 Å². The molecular weight excluding hydrogens is 490 g/mol. The predicted octanol–water partition coefficient (Wildman–Crippen LogP) is 6.64. The van der Waals surface area contributed by atoms with E-state index >= 15 is 0 Å². The zero-order chi connectivity index (χ0) is 24.0. The van der Waals surface area contributed by atoms with Gasteiger partial charge >= 0.3 is 0 Å². The molecule has 1 amide bonds. The van der Waals surface area contributed by atoms with E-state index in [0.717, 1.165) is 15.6 Å². The number of benzene rings is 3. The lowest BCUT2D eigenvalue weighted by Crippen LogP contribution is -2.31. The minimum absolute atomic E-state index is 0.0104. The smallest absolute Gasteiger partial charge is 0.290 e. The Morgan fingerprint density at radius 1 is 0.941 bits per heavy atom. The number of rotatable bonds is 4. The highest BCUT2D eigenvalue weighted by Gasteiger charge is 2.42. The zero-order valence-electron chi connectivity index (χ0n) is 19.5. The van der Waals surface area contributed by atoms with E-state index < -0.39 is 6.04 Å². The quantitative estimate of drug-likeness (QED) is 0.306. The van der Waals surface area contributed by atoms with Crippen molar-refractivity contribution >= 4 is 32.8 Å². The molecule has 1 aliphatic rings. The lowest BCUT2D eigenvalue weighted by molar-refractivity contribution is 0.0730. The van der Waals surface area contributed by atoms with Gasteiger partial charge in [0.05, 0.1) is 17.0 Å². The molecule has 5 rings (SSSR count). The van der Waals surface area contributed by atoms with Crippen molar-refractivity contribution in [2.75, 3.05) is 6.54 Å². The first kappa shape index (κ1) is 22.6. The van der Waals surface area contributed by atoms with E-state index in [0.29, 0.717) is 29.5 Å². The zero-order valence-corrected chi connectivity index (χ0v) is 21.1. The maximum absolute atomic E-state index is 13.7. The highest BCUT2D eigenvalue weighted by Crippen LogP contribution is 2.39. The molecule has 1 atom stereocenters. The van der Waals surface area contributed by atoms with Crippen LogP contribution in [0.3, 0.4) is 0 Å². The van der Waals surface area contributed by atoms with Gasteiger partial charge in [-0.2, -0.15) is 0 Å². The molecule has 0 aliphatic carbocycles. The van der Waals surface area contributed by atoms with Gasteiger partial charge in [0.1, 0.15) is 5.58 Å². The van der Waals surface area contributed by atoms with Gasteiger partial charge in [0.2, 0.25) is 5.76 Å². The first-order valence-corrected chi connectivity index (χ1v) is 12.2. The number of nitrogens with zero attached hydrogens (tertiary/aromatic N) is 1. The molecule has 0 saturated heterocycles. The van der Waals surface area contributed by atoms with Crippen LogP contribution in [0.2, 0.25) is 0 Å². The highest BCUT2D eigenvalue weighted by atomic mass is 79.9. The Balaban J connectivity index is 1.64. The summed E-state index contributed by atoms with van der Waals surface area (Å²) in [6.45, 7) is 6.99. The molecular formula is C29H26BrNO3. The SMILES string of the molecule is CC(C)(C)c1ccc(C2c3c(oc4ccc(Br)cc4c3=O)C(=O)N2CCc2ccccc2)cc1. The molecule has 4 aromatic rings. The number of carbonyl (C=O) groups is 1. The molecule has 0 N–H and O–H groups in total. The third kappa shape index (κ3) is 3.98. The van der Waals surface area contributed by atoms with Crippen LogP contribution >= 0.6 is 15.9 Å².